The van der Waals surface area contributed by atoms with E-state index >= 15 is 0 Å². The molecular formula is C20H29IN4O2S. The van der Waals surface area contributed by atoms with Crippen molar-refractivity contribution in [2.75, 3.05) is 13.6 Å². The fraction of sp³-hybridized carbons (Fsp3) is 0.350. The zero-order chi connectivity index (χ0) is 19.9. The van der Waals surface area contributed by atoms with Gasteiger partial charge in [-0.2, -0.15) is 0 Å². The van der Waals surface area contributed by atoms with Gasteiger partial charge in [0.1, 0.15) is 0 Å². The lowest BCUT2D eigenvalue weighted by atomic mass is 10.1. The number of guanidine groups is 1. The van der Waals surface area contributed by atoms with E-state index in [0.717, 1.165) is 31.0 Å². The molecule has 2 aromatic rings. The van der Waals surface area contributed by atoms with Gasteiger partial charge in [0.05, 0.1) is 11.4 Å². The van der Waals surface area contributed by atoms with Crippen LogP contribution >= 0.6 is 24.0 Å². The van der Waals surface area contributed by atoms with E-state index in [1.807, 2.05) is 24.9 Å². The van der Waals surface area contributed by atoms with E-state index < -0.39 is 10.0 Å². The number of rotatable bonds is 7. The fourth-order valence-electron chi connectivity index (χ4n) is 2.69. The Morgan fingerprint density at radius 1 is 1.07 bits per heavy atom. The Morgan fingerprint density at radius 2 is 1.71 bits per heavy atom. The van der Waals surface area contributed by atoms with Gasteiger partial charge in [-0.25, -0.2) is 18.5 Å². The maximum absolute atomic E-state index is 11.5. The first kappa shape index (κ1) is 24.4. The first-order valence-corrected chi connectivity index (χ1v) is 10.6. The number of aryl methyl sites for hydroxylation is 1. The van der Waals surface area contributed by atoms with E-state index in [1.54, 1.807) is 12.1 Å². The molecule has 0 aliphatic heterocycles. The molecule has 0 saturated carbocycles. The van der Waals surface area contributed by atoms with Crippen LogP contribution in [0.2, 0.25) is 0 Å². The van der Waals surface area contributed by atoms with Crippen LogP contribution in [0.15, 0.2) is 58.4 Å². The molecule has 2 aromatic carbocycles. The zero-order valence-corrected chi connectivity index (χ0v) is 19.7. The summed E-state index contributed by atoms with van der Waals surface area (Å²) < 4.78 is 23.0. The molecule has 0 aromatic heterocycles. The van der Waals surface area contributed by atoms with Crippen LogP contribution in [0.4, 0.5) is 0 Å². The number of hydrogen-bond acceptors (Lipinski definition) is 3. The fourth-order valence-corrected chi connectivity index (χ4v) is 3.27. The molecule has 2 rings (SSSR count). The van der Waals surface area contributed by atoms with Crippen molar-refractivity contribution >= 4 is 40.0 Å². The molecule has 0 spiro atoms. The van der Waals surface area contributed by atoms with E-state index in [2.05, 4.69) is 41.5 Å². The number of halogens is 1. The van der Waals surface area contributed by atoms with Gasteiger partial charge in [0.25, 0.3) is 0 Å². The van der Waals surface area contributed by atoms with Crippen molar-refractivity contribution in [3.63, 3.8) is 0 Å². The Morgan fingerprint density at radius 3 is 2.29 bits per heavy atom. The van der Waals surface area contributed by atoms with Gasteiger partial charge in [0, 0.05) is 20.1 Å². The van der Waals surface area contributed by atoms with Gasteiger partial charge < -0.3 is 10.2 Å². The van der Waals surface area contributed by atoms with Crippen molar-refractivity contribution < 1.29 is 8.42 Å². The number of sulfonamides is 1. The number of hydrogen-bond donors (Lipinski definition) is 2. The third-order valence-electron chi connectivity index (χ3n) is 4.19. The van der Waals surface area contributed by atoms with E-state index in [-0.39, 0.29) is 28.9 Å². The standard InChI is InChI=1S/C20H28N4O2S.HI/c1-4-16-9-11-17(12-10-16)15-24(3)20(22-5-2)23-14-18-7-6-8-19(13-18)27(21,25)26;/h6-13H,4-5,14-15H2,1-3H3,(H,22,23)(H2,21,25,26);1H. The van der Waals surface area contributed by atoms with Gasteiger partial charge in [-0.15, -0.1) is 24.0 Å². The average Bonchev–Trinajstić information content (AvgIpc) is 2.65. The molecule has 0 heterocycles. The third-order valence-corrected chi connectivity index (χ3v) is 5.10. The highest BCUT2D eigenvalue weighted by Crippen LogP contribution is 2.12. The van der Waals surface area contributed by atoms with Crippen LogP contribution in [0.3, 0.4) is 0 Å². The predicted octanol–water partition coefficient (Wildman–Crippen LogP) is 3.11. The molecule has 0 bridgehead atoms. The third kappa shape index (κ3) is 7.40. The van der Waals surface area contributed by atoms with Gasteiger partial charge in [0.15, 0.2) is 5.96 Å². The number of aliphatic imine (C=N–C) groups is 1. The van der Waals surface area contributed by atoms with Crippen LogP contribution in [0.5, 0.6) is 0 Å². The van der Waals surface area contributed by atoms with E-state index in [4.69, 9.17) is 5.14 Å². The molecule has 0 unspecified atom stereocenters. The van der Waals surface area contributed by atoms with Crippen LogP contribution in [-0.2, 0) is 29.5 Å². The molecule has 0 radical (unpaired) electrons. The Balaban J connectivity index is 0.00000392. The summed E-state index contributed by atoms with van der Waals surface area (Å²) in [5, 5.41) is 8.47. The van der Waals surface area contributed by atoms with Gasteiger partial charge in [-0.05, 0) is 42.2 Å². The van der Waals surface area contributed by atoms with Gasteiger partial charge in [-0.3, -0.25) is 0 Å². The predicted molar refractivity (Wildman–Crippen MR) is 125 cm³/mol. The molecule has 8 heteroatoms. The summed E-state index contributed by atoms with van der Waals surface area (Å²) in [4.78, 5) is 6.78. The normalized spacial score (nSPS) is 11.6. The van der Waals surface area contributed by atoms with Gasteiger partial charge in [0.2, 0.25) is 10.0 Å². The first-order chi connectivity index (χ1) is 12.8. The second-order valence-electron chi connectivity index (χ2n) is 6.39. The Hall–Kier alpha value is -1.65. The smallest absolute Gasteiger partial charge is 0.238 e. The number of nitrogens with zero attached hydrogens (tertiary/aromatic N) is 2. The lowest BCUT2D eigenvalue weighted by Gasteiger charge is -2.22. The second-order valence-corrected chi connectivity index (χ2v) is 7.95. The average molecular weight is 516 g/mol. The van der Waals surface area contributed by atoms with Crippen molar-refractivity contribution in [2.45, 2.75) is 38.3 Å². The largest absolute Gasteiger partial charge is 0.357 e. The maximum Gasteiger partial charge on any atom is 0.238 e. The van der Waals surface area contributed by atoms with Crippen molar-refractivity contribution in [3.05, 3.63) is 65.2 Å². The van der Waals surface area contributed by atoms with E-state index in [0.29, 0.717) is 6.54 Å². The van der Waals surface area contributed by atoms with Crippen LogP contribution < -0.4 is 10.5 Å². The molecule has 28 heavy (non-hydrogen) atoms. The summed E-state index contributed by atoms with van der Waals surface area (Å²) in [7, 11) is -1.73. The molecule has 0 fully saturated rings. The first-order valence-electron chi connectivity index (χ1n) is 9.02. The second kappa shape index (κ2) is 11.4. The summed E-state index contributed by atoms with van der Waals surface area (Å²) in [5.41, 5.74) is 3.31. The lowest BCUT2D eigenvalue weighted by Crippen LogP contribution is -2.38. The van der Waals surface area contributed by atoms with E-state index in [1.165, 1.54) is 17.2 Å². The SMILES string of the molecule is CCNC(=NCc1cccc(S(N)(=O)=O)c1)N(C)Cc1ccc(CC)cc1.I. The Bertz CT molecular complexity index is 883. The summed E-state index contributed by atoms with van der Waals surface area (Å²) in [6, 6.07) is 15.1. The quantitative estimate of drug-likeness (QED) is 0.337. The molecule has 0 aliphatic rings. The molecule has 6 nitrogen and oxygen atoms in total. The molecule has 0 aliphatic carbocycles. The van der Waals surface area contributed by atoms with Crippen molar-refractivity contribution in [1.29, 1.82) is 0 Å². The monoisotopic (exact) mass is 516 g/mol. The van der Waals surface area contributed by atoms with Crippen molar-refractivity contribution in [2.24, 2.45) is 10.1 Å². The van der Waals surface area contributed by atoms with Crippen LogP contribution in [0.1, 0.15) is 30.5 Å². The topological polar surface area (TPSA) is 87.8 Å². The minimum absolute atomic E-state index is 0. The summed E-state index contributed by atoms with van der Waals surface area (Å²) >= 11 is 0. The molecule has 3 N–H and O–H groups in total. The highest BCUT2D eigenvalue weighted by Gasteiger charge is 2.09. The van der Waals surface area contributed by atoms with Gasteiger partial charge in [-0.1, -0.05) is 43.3 Å². The summed E-state index contributed by atoms with van der Waals surface area (Å²) in [6.07, 6.45) is 1.03. The minimum atomic E-state index is -3.71. The van der Waals surface area contributed by atoms with Crippen molar-refractivity contribution in [1.82, 2.24) is 10.2 Å². The molecular weight excluding hydrogens is 487 g/mol. The van der Waals surface area contributed by atoms with Crippen molar-refractivity contribution in [3.8, 4) is 0 Å². The highest BCUT2D eigenvalue weighted by molar-refractivity contribution is 14.0. The molecule has 0 amide bonds. The minimum Gasteiger partial charge on any atom is -0.357 e. The zero-order valence-electron chi connectivity index (χ0n) is 16.6. The van der Waals surface area contributed by atoms with Crippen LogP contribution in [0.25, 0.3) is 0 Å². The molecule has 0 saturated heterocycles. The Kier molecular flexibility index (Phi) is 9.91. The highest BCUT2D eigenvalue weighted by atomic mass is 127. The summed E-state index contributed by atoms with van der Waals surface area (Å²) in [5.74, 6) is 0.762. The summed E-state index contributed by atoms with van der Waals surface area (Å²) in [6.45, 7) is 6.00. The number of nitrogens with two attached hydrogens (primary N) is 1. The lowest BCUT2D eigenvalue weighted by molar-refractivity contribution is 0.476. The number of primary sulfonamides is 1. The Labute approximate surface area is 185 Å². The number of nitrogens with one attached hydrogen (secondary N) is 1. The van der Waals surface area contributed by atoms with Crippen LogP contribution in [-0.4, -0.2) is 32.9 Å². The maximum atomic E-state index is 11.5. The number of benzene rings is 2. The van der Waals surface area contributed by atoms with Gasteiger partial charge >= 0.3 is 0 Å². The van der Waals surface area contributed by atoms with Crippen LogP contribution in [0, 0.1) is 0 Å². The van der Waals surface area contributed by atoms with E-state index in [9.17, 15) is 8.42 Å². The molecule has 0 atom stereocenters. The molecule has 154 valence electrons.